The lowest BCUT2D eigenvalue weighted by Crippen LogP contribution is -2.48. The van der Waals surface area contributed by atoms with E-state index in [-0.39, 0.29) is 34.5 Å². The number of piperidine rings is 1. The number of halogens is 4. The molecule has 8 nitrogen and oxygen atoms in total. The Morgan fingerprint density at radius 3 is 2.62 bits per heavy atom. The summed E-state index contributed by atoms with van der Waals surface area (Å²) in [5.41, 5.74) is 1.24. The molecule has 182 valence electrons. The van der Waals surface area contributed by atoms with Crippen molar-refractivity contribution < 1.29 is 27.5 Å². The van der Waals surface area contributed by atoms with Crippen molar-refractivity contribution >= 4 is 35.1 Å². The third-order valence-electron chi connectivity index (χ3n) is 5.52. The van der Waals surface area contributed by atoms with Crippen LogP contribution in [0.3, 0.4) is 0 Å². The molecular weight excluding hydrogens is 475 g/mol. The van der Waals surface area contributed by atoms with Crippen LogP contribution in [0.4, 0.5) is 24.8 Å². The number of nitrogens with zero attached hydrogens (tertiary/aromatic N) is 3. The maximum absolute atomic E-state index is 12.9. The smallest absolute Gasteiger partial charge is 0.406 e. The highest BCUT2D eigenvalue weighted by Crippen LogP contribution is 2.34. The lowest BCUT2D eigenvalue weighted by atomic mass is 10.0. The lowest BCUT2D eigenvalue weighted by Gasteiger charge is -2.35. The van der Waals surface area contributed by atoms with Crippen LogP contribution in [0.1, 0.15) is 41.9 Å². The van der Waals surface area contributed by atoms with Gasteiger partial charge in [0.15, 0.2) is 0 Å². The number of carbonyl (C=O) groups excluding carboxylic acids is 2. The minimum Gasteiger partial charge on any atom is -0.406 e. The quantitative estimate of drug-likeness (QED) is 0.624. The van der Waals surface area contributed by atoms with Crippen LogP contribution in [-0.4, -0.2) is 47.3 Å². The first-order valence-electron chi connectivity index (χ1n) is 10.8. The van der Waals surface area contributed by atoms with E-state index in [1.54, 1.807) is 13.0 Å². The van der Waals surface area contributed by atoms with Crippen molar-refractivity contribution in [3.05, 3.63) is 40.7 Å². The Morgan fingerprint density at radius 2 is 1.94 bits per heavy atom. The van der Waals surface area contributed by atoms with Gasteiger partial charge in [-0.2, -0.15) is 0 Å². The summed E-state index contributed by atoms with van der Waals surface area (Å²) in [6.07, 6.45) is -1.67. The zero-order chi connectivity index (χ0) is 24.5. The van der Waals surface area contributed by atoms with Crippen molar-refractivity contribution in [2.75, 3.05) is 23.3 Å². The number of aromatic nitrogens is 2. The van der Waals surface area contributed by atoms with E-state index in [0.717, 1.165) is 25.3 Å². The molecule has 2 amide bonds. The van der Waals surface area contributed by atoms with Gasteiger partial charge in [-0.1, -0.05) is 11.6 Å². The van der Waals surface area contributed by atoms with E-state index in [0.29, 0.717) is 30.9 Å². The Hall–Kier alpha value is -3.08. The Bertz CT molecular complexity index is 1090. The molecule has 2 aromatic rings. The van der Waals surface area contributed by atoms with Gasteiger partial charge in [-0.15, -0.1) is 13.2 Å². The zero-order valence-electron chi connectivity index (χ0n) is 18.3. The monoisotopic (exact) mass is 497 g/mol. The number of benzene rings is 1. The largest absolute Gasteiger partial charge is 0.573 e. The van der Waals surface area contributed by atoms with E-state index in [9.17, 15) is 22.8 Å². The Balaban J connectivity index is 1.40. The predicted molar refractivity (Wildman–Crippen MR) is 119 cm³/mol. The summed E-state index contributed by atoms with van der Waals surface area (Å²) in [5, 5.41) is 5.71. The fourth-order valence-electron chi connectivity index (χ4n) is 3.81. The van der Waals surface area contributed by atoms with Crippen LogP contribution >= 0.6 is 11.6 Å². The Kier molecular flexibility index (Phi) is 6.83. The minimum atomic E-state index is -4.80. The highest BCUT2D eigenvalue weighted by Gasteiger charge is 2.32. The molecule has 4 rings (SSSR count). The first-order chi connectivity index (χ1) is 16.1. The molecule has 0 radical (unpaired) electrons. The molecule has 34 heavy (non-hydrogen) atoms. The van der Waals surface area contributed by atoms with Crippen LogP contribution < -0.4 is 20.3 Å². The predicted octanol–water partition coefficient (Wildman–Crippen LogP) is 4.08. The molecule has 2 fully saturated rings. The first-order valence-corrected chi connectivity index (χ1v) is 11.2. The molecule has 2 heterocycles. The molecule has 1 saturated heterocycles. The molecule has 1 aromatic carbocycles. The van der Waals surface area contributed by atoms with Gasteiger partial charge < -0.3 is 15.0 Å². The van der Waals surface area contributed by atoms with Crippen molar-refractivity contribution in [3.8, 4) is 5.75 Å². The van der Waals surface area contributed by atoms with Crippen LogP contribution in [0.2, 0.25) is 5.02 Å². The lowest BCUT2D eigenvalue weighted by molar-refractivity contribution is -0.274. The minimum absolute atomic E-state index is 0.0180. The van der Waals surface area contributed by atoms with E-state index >= 15 is 0 Å². The van der Waals surface area contributed by atoms with Gasteiger partial charge in [0, 0.05) is 36.8 Å². The van der Waals surface area contributed by atoms with Crippen LogP contribution in [-0.2, 0) is 4.79 Å². The third kappa shape index (κ3) is 6.28. The average molecular weight is 498 g/mol. The Morgan fingerprint density at radius 1 is 1.18 bits per heavy atom. The maximum Gasteiger partial charge on any atom is 0.573 e. The molecule has 0 unspecified atom stereocenters. The van der Waals surface area contributed by atoms with E-state index < -0.39 is 18.0 Å². The molecule has 0 spiro atoms. The van der Waals surface area contributed by atoms with Gasteiger partial charge in [0.25, 0.3) is 5.91 Å². The number of carbonyl (C=O) groups is 2. The van der Waals surface area contributed by atoms with Crippen molar-refractivity contribution in [2.24, 2.45) is 5.92 Å². The first kappa shape index (κ1) is 24.1. The summed E-state index contributed by atoms with van der Waals surface area (Å²) in [5.74, 6) is -0.870. The third-order valence-corrected chi connectivity index (χ3v) is 5.82. The number of rotatable bonds is 6. The number of anilines is 2. The molecule has 2 N–H and O–H groups in total. The van der Waals surface area contributed by atoms with E-state index in [2.05, 4.69) is 25.3 Å². The fraction of sp³-hybridized carbons (Fsp3) is 0.455. The van der Waals surface area contributed by atoms with Crippen LogP contribution in [0.5, 0.6) is 5.75 Å². The molecule has 1 aliphatic heterocycles. The van der Waals surface area contributed by atoms with Crippen LogP contribution in [0.15, 0.2) is 24.3 Å². The van der Waals surface area contributed by atoms with Gasteiger partial charge in [-0.3, -0.25) is 14.9 Å². The van der Waals surface area contributed by atoms with Crippen molar-refractivity contribution in [3.63, 3.8) is 0 Å². The second-order valence-electron chi connectivity index (χ2n) is 8.40. The zero-order valence-corrected chi connectivity index (χ0v) is 19.0. The number of aryl methyl sites for hydroxylation is 1. The van der Waals surface area contributed by atoms with Crippen molar-refractivity contribution in [1.82, 2.24) is 15.3 Å². The van der Waals surface area contributed by atoms with Gasteiger partial charge in [-0.05, 0) is 50.8 Å². The maximum atomic E-state index is 12.9. The molecule has 2 aliphatic rings. The van der Waals surface area contributed by atoms with Gasteiger partial charge in [0.05, 0.1) is 10.7 Å². The van der Waals surface area contributed by atoms with E-state index in [1.165, 1.54) is 12.1 Å². The highest BCUT2D eigenvalue weighted by molar-refractivity contribution is 6.33. The van der Waals surface area contributed by atoms with E-state index in [1.807, 2.05) is 4.90 Å². The summed E-state index contributed by atoms with van der Waals surface area (Å²) < 4.78 is 41.2. The summed E-state index contributed by atoms with van der Waals surface area (Å²) in [7, 11) is 0. The molecule has 0 bridgehead atoms. The second-order valence-corrected chi connectivity index (χ2v) is 8.81. The van der Waals surface area contributed by atoms with E-state index in [4.69, 9.17) is 11.6 Å². The molecular formula is C22H23ClF3N5O3. The van der Waals surface area contributed by atoms with Gasteiger partial charge in [0.2, 0.25) is 11.9 Å². The molecule has 1 aliphatic carbocycles. The number of hydrogen-bond donors (Lipinski definition) is 2. The summed E-state index contributed by atoms with van der Waals surface area (Å²) in [4.78, 5) is 35.1. The molecule has 1 aromatic heterocycles. The van der Waals surface area contributed by atoms with Crippen LogP contribution in [0.25, 0.3) is 0 Å². The Labute approximate surface area is 198 Å². The fourth-order valence-corrected chi connectivity index (χ4v) is 4.10. The summed E-state index contributed by atoms with van der Waals surface area (Å²) in [6.45, 7) is 2.76. The summed E-state index contributed by atoms with van der Waals surface area (Å²) >= 11 is 6.22. The molecule has 1 atom stereocenters. The van der Waals surface area contributed by atoms with Crippen molar-refractivity contribution in [2.45, 2.75) is 45.0 Å². The number of alkyl halides is 3. The molecule has 1 saturated carbocycles. The summed E-state index contributed by atoms with van der Waals surface area (Å²) in [6, 6.07) is 5.10. The number of amides is 2. The number of hydrogen-bond acceptors (Lipinski definition) is 6. The van der Waals surface area contributed by atoms with Gasteiger partial charge >= 0.3 is 6.36 Å². The molecule has 12 heteroatoms. The SMILES string of the molecule is Cc1cc(C(=O)N[C@@H]2CCCN(c3ccc(OC(F)(F)F)cc3Cl)C2)nc(NC(=O)C2CC2)n1. The second kappa shape index (κ2) is 9.65. The normalized spacial score (nSPS) is 18.4. The average Bonchev–Trinajstić information content (AvgIpc) is 3.58. The van der Waals surface area contributed by atoms with Gasteiger partial charge in [-0.25, -0.2) is 9.97 Å². The topological polar surface area (TPSA) is 96.5 Å². The highest BCUT2D eigenvalue weighted by atomic mass is 35.5. The standard InChI is InChI=1S/C22H23ClF3N5O3/c1-12-9-17(29-21(27-12)30-19(32)13-4-5-13)20(33)28-14-3-2-8-31(11-14)18-7-6-15(10-16(18)23)34-22(24,25)26/h6-7,9-10,13-14H,2-5,8,11H2,1H3,(H,28,33)(H,27,29,30,32)/t14-/m1/s1. The van der Waals surface area contributed by atoms with Gasteiger partial charge in [0.1, 0.15) is 11.4 Å². The number of ether oxygens (including phenoxy) is 1. The van der Waals surface area contributed by atoms with Crippen LogP contribution in [0, 0.1) is 12.8 Å². The number of nitrogens with one attached hydrogen (secondary N) is 2. The van der Waals surface area contributed by atoms with Crippen molar-refractivity contribution in [1.29, 1.82) is 0 Å².